The number of hydrogen-bond donors (Lipinski definition) is 1. The molecule has 6 nitrogen and oxygen atoms in total. The summed E-state index contributed by atoms with van der Waals surface area (Å²) in [6.45, 7) is 0.474. The molecule has 1 amide bonds. The van der Waals surface area contributed by atoms with E-state index in [0.717, 1.165) is 16.3 Å². The lowest BCUT2D eigenvalue weighted by Gasteiger charge is -2.07. The van der Waals surface area contributed by atoms with Crippen LogP contribution in [0.5, 0.6) is 5.75 Å². The Balaban J connectivity index is 1.56. The van der Waals surface area contributed by atoms with Gasteiger partial charge in [0.1, 0.15) is 12.1 Å². The minimum atomic E-state index is -0.0706. The van der Waals surface area contributed by atoms with Gasteiger partial charge >= 0.3 is 0 Å². The minimum absolute atomic E-state index is 0.0706. The van der Waals surface area contributed by atoms with E-state index >= 15 is 0 Å². The van der Waals surface area contributed by atoms with Crippen LogP contribution >= 0.6 is 34.7 Å². The van der Waals surface area contributed by atoms with Crippen LogP contribution < -0.4 is 10.1 Å². The molecule has 0 aliphatic rings. The van der Waals surface area contributed by atoms with Gasteiger partial charge in [-0.1, -0.05) is 23.4 Å². The van der Waals surface area contributed by atoms with Gasteiger partial charge in [-0.2, -0.15) is 0 Å². The molecule has 3 rings (SSSR count). The molecule has 1 aromatic carbocycles. The normalized spacial score (nSPS) is 10.6. The average Bonchev–Trinajstić information content (AvgIpc) is 3.27. The second-order valence-electron chi connectivity index (χ2n) is 4.95. The molecule has 0 radical (unpaired) electrons. The van der Waals surface area contributed by atoms with Crippen LogP contribution in [0.1, 0.15) is 4.88 Å². The molecule has 0 unspecified atom stereocenters. The largest absolute Gasteiger partial charge is 0.497 e. The third-order valence-electron chi connectivity index (χ3n) is 3.29. The lowest BCUT2D eigenvalue weighted by atomic mass is 10.3. The highest BCUT2D eigenvalue weighted by molar-refractivity contribution is 7.99. The zero-order chi connectivity index (χ0) is 17.6. The first-order valence-electron chi connectivity index (χ1n) is 7.34. The third-order valence-corrected chi connectivity index (χ3v) is 5.46. The number of nitrogens with zero attached hydrogens (tertiary/aromatic N) is 3. The predicted octanol–water partition coefficient (Wildman–Crippen LogP) is 3.40. The van der Waals surface area contributed by atoms with Gasteiger partial charge < -0.3 is 10.1 Å². The number of benzene rings is 1. The molecular weight excluding hydrogens is 380 g/mol. The van der Waals surface area contributed by atoms with E-state index in [4.69, 9.17) is 16.3 Å². The summed E-state index contributed by atoms with van der Waals surface area (Å²) in [6.07, 6.45) is 1.62. The lowest BCUT2D eigenvalue weighted by molar-refractivity contribution is -0.118. The van der Waals surface area contributed by atoms with E-state index in [9.17, 15) is 4.79 Å². The standard InChI is InChI=1S/C16H15ClN4O2S2/c1-23-12-4-2-11(3-5-12)21-10-19-20-16(21)24-9-15(22)18-8-13-6-7-14(17)25-13/h2-7,10H,8-9H2,1H3,(H,18,22). The van der Waals surface area contributed by atoms with Gasteiger partial charge in [-0.05, 0) is 36.4 Å². The summed E-state index contributed by atoms with van der Waals surface area (Å²) in [6, 6.07) is 11.3. The second kappa shape index (κ2) is 8.37. The molecule has 3 aromatic rings. The van der Waals surface area contributed by atoms with E-state index in [1.165, 1.54) is 23.1 Å². The Labute approximate surface area is 158 Å². The highest BCUT2D eigenvalue weighted by Crippen LogP contribution is 2.22. The van der Waals surface area contributed by atoms with Gasteiger partial charge in [-0.25, -0.2) is 0 Å². The Bertz CT molecular complexity index is 848. The summed E-state index contributed by atoms with van der Waals surface area (Å²) < 4.78 is 7.70. The number of ether oxygens (including phenoxy) is 1. The highest BCUT2D eigenvalue weighted by Gasteiger charge is 2.10. The minimum Gasteiger partial charge on any atom is -0.497 e. The Hall–Kier alpha value is -2.03. The fraction of sp³-hybridized carbons (Fsp3) is 0.188. The molecular formula is C16H15ClN4O2S2. The summed E-state index contributed by atoms with van der Waals surface area (Å²) in [4.78, 5) is 13.0. The quantitative estimate of drug-likeness (QED) is 0.622. The third kappa shape index (κ3) is 4.75. The van der Waals surface area contributed by atoms with Crippen LogP contribution in [0.4, 0.5) is 0 Å². The molecule has 9 heteroatoms. The maximum atomic E-state index is 12.0. The van der Waals surface area contributed by atoms with Gasteiger partial charge in [0.05, 0.1) is 23.7 Å². The summed E-state index contributed by atoms with van der Waals surface area (Å²) in [5, 5.41) is 11.5. The van der Waals surface area contributed by atoms with Crippen LogP contribution in [0.25, 0.3) is 5.69 Å². The number of aromatic nitrogens is 3. The van der Waals surface area contributed by atoms with E-state index in [2.05, 4.69) is 15.5 Å². The van der Waals surface area contributed by atoms with Crippen molar-refractivity contribution in [1.29, 1.82) is 0 Å². The maximum Gasteiger partial charge on any atom is 0.230 e. The fourth-order valence-electron chi connectivity index (χ4n) is 2.06. The van der Waals surface area contributed by atoms with Crippen molar-refractivity contribution < 1.29 is 9.53 Å². The molecule has 0 saturated heterocycles. The summed E-state index contributed by atoms with van der Waals surface area (Å²) in [5.74, 6) is 0.964. The summed E-state index contributed by atoms with van der Waals surface area (Å²) in [7, 11) is 1.62. The molecule has 0 atom stereocenters. The summed E-state index contributed by atoms with van der Waals surface area (Å²) >= 11 is 8.66. The van der Waals surface area contributed by atoms with Crippen molar-refractivity contribution in [1.82, 2.24) is 20.1 Å². The Morgan fingerprint density at radius 2 is 2.12 bits per heavy atom. The van der Waals surface area contributed by atoms with Gasteiger partial charge in [0, 0.05) is 10.6 Å². The number of thiophene rings is 1. The SMILES string of the molecule is COc1ccc(-n2cnnc2SCC(=O)NCc2ccc(Cl)s2)cc1. The van der Waals surface area contributed by atoms with Crippen molar-refractivity contribution in [2.75, 3.05) is 12.9 Å². The van der Waals surface area contributed by atoms with Crippen molar-refractivity contribution in [3.05, 3.63) is 51.9 Å². The van der Waals surface area contributed by atoms with Gasteiger partial charge in [0.25, 0.3) is 0 Å². The molecule has 0 saturated carbocycles. The number of carbonyl (C=O) groups excluding carboxylic acids is 1. The van der Waals surface area contributed by atoms with E-state index in [1.54, 1.807) is 13.4 Å². The zero-order valence-electron chi connectivity index (χ0n) is 13.3. The monoisotopic (exact) mass is 394 g/mol. The molecule has 0 fully saturated rings. The molecule has 1 N–H and O–H groups in total. The first kappa shape index (κ1) is 17.8. The van der Waals surface area contributed by atoms with Gasteiger partial charge in [0.2, 0.25) is 5.91 Å². The van der Waals surface area contributed by atoms with Crippen LogP contribution in [-0.4, -0.2) is 33.5 Å². The molecule has 2 heterocycles. The average molecular weight is 395 g/mol. The van der Waals surface area contributed by atoms with E-state index in [-0.39, 0.29) is 11.7 Å². The van der Waals surface area contributed by atoms with Crippen LogP contribution in [-0.2, 0) is 11.3 Å². The molecule has 0 bridgehead atoms. The zero-order valence-corrected chi connectivity index (χ0v) is 15.7. The number of rotatable bonds is 7. The molecule has 0 aliphatic carbocycles. The molecule has 0 spiro atoms. The first-order valence-corrected chi connectivity index (χ1v) is 9.52. The second-order valence-corrected chi connectivity index (χ2v) is 7.69. The fourth-order valence-corrected chi connectivity index (χ4v) is 3.84. The number of methoxy groups -OCH3 is 1. The van der Waals surface area contributed by atoms with Gasteiger partial charge in [-0.3, -0.25) is 9.36 Å². The van der Waals surface area contributed by atoms with Gasteiger partial charge in [-0.15, -0.1) is 21.5 Å². The number of amides is 1. The van der Waals surface area contributed by atoms with Crippen molar-refractivity contribution in [2.45, 2.75) is 11.7 Å². The molecule has 0 aliphatic heterocycles. The lowest BCUT2D eigenvalue weighted by Crippen LogP contribution is -2.24. The van der Waals surface area contributed by atoms with Crippen LogP contribution in [0.2, 0.25) is 4.34 Å². The molecule has 25 heavy (non-hydrogen) atoms. The Morgan fingerprint density at radius 1 is 1.32 bits per heavy atom. The van der Waals surface area contributed by atoms with Gasteiger partial charge in [0.15, 0.2) is 5.16 Å². The van der Waals surface area contributed by atoms with Crippen molar-refractivity contribution in [3.63, 3.8) is 0 Å². The Morgan fingerprint density at radius 3 is 2.80 bits per heavy atom. The predicted molar refractivity (Wildman–Crippen MR) is 99.8 cm³/mol. The van der Waals surface area contributed by atoms with E-state index < -0.39 is 0 Å². The van der Waals surface area contributed by atoms with Crippen molar-refractivity contribution >= 4 is 40.6 Å². The van der Waals surface area contributed by atoms with E-state index in [0.29, 0.717) is 16.0 Å². The smallest absolute Gasteiger partial charge is 0.230 e. The van der Waals surface area contributed by atoms with Crippen molar-refractivity contribution in [2.24, 2.45) is 0 Å². The first-order chi connectivity index (χ1) is 12.2. The van der Waals surface area contributed by atoms with Crippen LogP contribution in [0.15, 0.2) is 47.9 Å². The number of hydrogen-bond acceptors (Lipinski definition) is 6. The summed E-state index contributed by atoms with van der Waals surface area (Å²) in [5.41, 5.74) is 0.905. The van der Waals surface area contributed by atoms with Crippen LogP contribution in [0, 0.1) is 0 Å². The van der Waals surface area contributed by atoms with E-state index in [1.807, 2.05) is 41.0 Å². The Kier molecular flexibility index (Phi) is 5.95. The number of carbonyl (C=O) groups is 1. The number of nitrogens with one attached hydrogen (secondary N) is 1. The molecule has 2 aromatic heterocycles. The molecule has 130 valence electrons. The highest BCUT2D eigenvalue weighted by atomic mass is 35.5. The number of halogens is 1. The maximum absolute atomic E-state index is 12.0. The van der Waals surface area contributed by atoms with Crippen LogP contribution in [0.3, 0.4) is 0 Å². The topological polar surface area (TPSA) is 69.0 Å². The van der Waals surface area contributed by atoms with Crippen molar-refractivity contribution in [3.8, 4) is 11.4 Å². The number of thioether (sulfide) groups is 1.